The first kappa shape index (κ1) is 24.0. The first-order valence-corrected chi connectivity index (χ1v) is 11.7. The second kappa shape index (κ2) is 10.8. The van der Waals surface area contributed by atoms with Gasteiger partial charge in [-0.2, -0.15) is 0 Å². The highest BCUT2D eigenvalue weighted by molar-refractivity contribution is 6.42. The summed E-state index contributed by atoms with van der Waals surface area (Å²) in [6.07, 6.45) is 4.53. The topological polar surface area (TPSA) is 60.9 Å². The number of halogens is 2. The molecule has 2 atom stereocenters. The van der Waals surface area contributed by atoms with E-state index in [1.165, 1.54) is 4.90 Å². The fourth-order valence-corrected chi connectivity index (χ4v) is 4.87. The van der Waals surface area contributed by atoms with Gasteiger partial charge in [-0.25, -0.2) is 0 Å². The van der Waals surface area contributed by atoms with Crippen LogP contribution in [0.25, 0.3) is 0 Å². The van der Waals surface area contributed by atoms with E-state index in [4.69, 9.17) is 23.2 Å². The van der Waals surface area contributed by atoms with E-state index in [2.05, 4.69) is 4.90 Å². The van der Waals surface area contributed by atoms with Crippen molar-refractivity contribution >= 4 is 40.9 Å². The van der Waals surface area contributed by atoms with Crippen molar-refractivity contribution in [3.8, 4) is 0 Å². The van der Waals surface area contributed by atoms with Gasteiger partial charge in [-0.3, -0.25) is 19.3 Å². The Morgan fingerprint density at radius 3 is 2.26 bits per heavy atom. The van der Waals surface area contributed by atoms with E-state index in [1.807, 2.05) is 20.2 Å². The summed E-state index contributed by atoms with van der Waals surface area (Å²) in [5.41, 5.74) is 0.895. The third-order valence-electron chi connectivity index (χ3n) is 6.23. The fourth-order valence-electron chi connectivity index (χ4n) is 4.55. The minimum atomic E-state index is -0.177. The van der Waals surface area contributed by atoms with Gasteiger partial charge in [-0.15, -0.1) is 0 Å². The third-order valence-corrected chi connectivity index (χ3v) is 6.96. The Bertz CT molecular complexity index is 806. The summed E-state index contributed by atoms with van der Waals surface area (Å²) < 4.78 is 0. The summed E-state index contributed by atoms with van der Waals surface area (Å²) in [7, 11) is 3.99. The van der Waals surface area contributed by atoms with Crippen LogP contribution in [-0.4, -0.2) is 66.2 Å². The fraction of sp³-hybridized carbons (Fsp3) is 0.609. The average Bonchev–Trinajstić information content (AvgIpc) is 2.98. The molecule has 3 amide bonds. The molecule has 0 aromatic heterocycles. The van der Waals surface area contributed by atoms with E-state index in [0.29, 0.717) is 23.1 Å². The minimum Gasteiger partial charge on any atom is -0.338 e. The van der Waals surface area contributed by atoms with Crippen molar-refractivity contribution < 1.29 is 14.4 Å². The van der Waals surface area contributed by atoms with Crippen LogP contribution in [0.15, 0.2) is 18.2 Å². The number of nitrogens with zero attached hydrogens (tertiary/aromatic N) is 3. The molecule has 1 saturated heterocycles. The molecular formula is C23H31Cl2N3O3. The molecule has 1 aromatic carbocycles. The normalized spacial score (nSPS) is 21.0. The number of carbonyl (C=O) groups excluding carboxylic acids is 3. The van der Waals surface area contributed by atoms with Crippen LogP contribution in [0.1, 0.15) is 44.1 Å². The zero-order chi connectivity index (χ0) is 22.5. The smallest absolute Gasteiger partial charge is 0.233 e. The van der Waals surface area contributed by atoms with Gasteiger partial charge in [0.05, 0.1) is 21.9 Å². The van der Waals surface area contributed by atoms with Crippen LogP contribution in [0, 0.1) is 11.8 Å². The SMILES string of the molecule is CN(C)CCCN(Cc1ccc(Cl)c(Cl)c1)C(=O)CCN1C(=O)C2CCCCC2C1=O. The molecule has 2 unspecified atom stereocenters. The molecule has 31 heavy (non-hydrogen) atoms. The van der Waals surface area contributed by atoms with Gasteiger partial charge in [0.2, 0.25) is 17.7 Å². The maximum Gasteiger partial charge on any atom is 0.233 e. The van der Waals surface area contributed by atoms with Crippen molar-refractivity contribution in [1.82, 2.24) is 14.7 Å². The molecule has 1 heterocycles. The van der Waals surface area contributed by atoms with Crippen LogP contribution in [-0.2, 0) is 20.9 Å². The summed E-state index contributed by atoms with van der Waals surface area (Å²) in [6, 6.07) is 5.36. The first-order chi connectivity index (χ1) is 14.8. The van der Waals surface area contributed by atoms with Crippen molar-refractivity contribution in [3.63, 3.8) is 0 Å². The predicted molar refractivity (Wildman–Crippen MR) is 122 cm³/mol. The number of likely N-dealkylation sites (tertiary alicyclic amines) is 1. The van der Waals surface area contributed by atoms with Crippen molar-refractivity contribution in [2.75, 3.05) is 33.7 Å². The van der Waals surface area contributed by atoms with Gasteiger partial charge in [-0.1, -0.05) is 42.1 Å². The number of carbonyl (C=O) groups is 3. The highest BCUT2D eigenvalue weighted by Gasteiger charge is 2.47. The number of fused-ring (bicyclic) bond motifs is 1. The largest absolute Gasteiger partial charge is 0.338 e. The van der Waals surface area contributed by atoms with E-state index in [9.17, 15) is 14.4 Å². The van der Waals surface area contributed by atoms with E-state index in [-0.39, 0.29) is 42.5 Å². The number of rotatable bonds is 9. The van der Waals surface area contributed by atoms with E-state index < -0.39 is 0 Å². The third kappa shape index (κ3) is 5.99. The van der Waals surface area contributed by atoms with Crippen LogP contribution < -0.4 is 0 Å². The molecule has 0 bridgehead atoms. The Balaban J connectivity index is 1.63. The molecule has 170 valence electrons. The predicted octanol–water partition coefficient (Wildman–Crippen LogP) is 3.84. The highest BCUT2D eigenvalue weighted by atomic mass is 35.5. The van der Waals surface area contributed by atoms with Gasteiger partial charge in [0.25, 0.3) is 0 Å². The maximum atomic E-state index is 13.1. The van der Waals surface area contributed by atoms with Crippen molar-refractivity contribution in [2.45, 2.75) is 45.1 Å². The number of hydrogen-bond donors (Lipinski definition) is 0. The first-order valence-electron chi connectivity index (χ1n) is 11.0. The lowest BCUT2D eigenvalue weighted by molar-refractivity contribution is -0.141. The zero-order valence-corrected chi connectivity index (χ0v) is 19.8. The van der Waals surface area contributed by atoms with Crippen LogP contribution in [0.2, 0.25) is 10.0 Å². The second-order valence-corrected chi connectivity index (χ2v) is 9.61. The molecule has 0 N–H and O–H groups in total. The lowest BCUT2D eigenvalue weighted by Gasteiger charge is -2.25. The van der Waals surface area contributed by atoms with Gasteiger partial charge in [0, 0.05) is 26.1 Å². The second-order valence-electron chi connectivity index (χ2n) is 8.80. The molecule has 1 saturated carbocycles. The van der Waals surface area contributed by atoms with Crippen molar-refractivity contribution in [1.29, 1.82) is 0 Å². The molecule has 0 spiro atoms. The van der Waals surface area contributed by atoms with Crippen LogP contribution in [0.3, 0.4) is 0 Å². The van der Waals surface area contributed by atoms with Gasteiger partial charge in [0.1, 0.15) is 0 Å². The molecule has 3 rings (SSSR count). The lowest BCUT2D eigenvalue weighted by Crippen LogP contribution is -2.38. The zero-order valence-electron chi connectivity index (χ0n) is 18.3. The quantitative estimate of drug-likeness (QED) is 0.517. The number of amides is 3. The van der Waals surface area contributed by atoms with Crippen LogP contribution in [0.4, 0.5) is 0 Å². The van der Waals surface area contributed by atoms with E-state index in [0.717, 1.165) is 44.2 Å². The summed E-state index contributed by atoms with van der Waals surface area (Å²) in [5.74, 6) is -0.606. The lowest BCUT2D eigenvalue weighted by atomic mass is 9.81. The molecule has 2 fully saturated rings. The minimum absolute atomic E-state index is 0.0692. The number of imide groups is 1. The Labute approximate surface area is 194 Å². The molecule has 1 aliphatic carbocycles. The van der Waals surface area contributed by atoms with Gasteiger partial charge < -0.3 is 9.80 Å². The maximum absolute atomic E-state index is 13.1. The van der Waals surface area contributed by atoms with Crippen molar-refractivity contribution in [2.24, 2.45) is 11.8 Å². The molecule has 1 aliphatic heterocycles. The monoisotopic (exact) mass is 467 g/mol. The molecular weight excluding hydrogens is 437 g/mol. The summed E-state index contributed by atoms with van der Waals surface area (Å²) in [5, 5.41) is 0.930. The Kier molecular flexibility index (Phi) is 8.36. The molecule has 6 nitrogen and oxygen atoms in total. The summed E-state index contributed by atoms with van der Waals surface area (Å²) in [6.45, 7) is 2.02. The number of benzene rings is 1. The average molecular weight is 468 g/mol. The Hall–Kier alpha value is -1.63. The van der Waals surface area contributed by atoms with Crippen molar-refractivity contribution in [3.05, 3.63) is 33.8 Å². The van der Waals surface area contributed by atoms with Crippen LogP contribution >= 0.6 is 23.2 Å². The van der Waals surface area contributed by atoms with Gasteiger partial charge in [0.15, 0.2) is 0 Å². The van der Waals surface area contributed by atoms with Gasteiger partial charge in [-0.05, 0) is 57.6 Å². The molecule has 1 aromatic rings. The van der Waals surface area contributed by atoms with Crippen LogP contribution in [0.5, 0.6) is 0 Å². The summed E-state index contributed by atoms with van der Waals surface area (Å²) in [4.78, 5) is 43.6. The van der Waals surface area contributed by atoms with E-state index in [1.54, 1.807) is 17.0 Å². The standard InChI is InChI=1S/C23H31Cl2N3O3/c1-26(2)11-5-12-27(15-16-8-9-19(24)20(25)14-16)21(29)10-13-28-22(30)17-6-3-4-7-18(17)23(28)31/h8-9,14,17-18H,3-7,10-13,15H2,1-2H3. The van der Waals surface area contributed by atoms with Gasteiger partial charge >= 0.3 is 0 Å². The highest BCUT2D eigenvalue weighted by Crippen LogP contribution is 2.38. The van der Waals surface area contributed by atoms with E-state index >= 15 is 0 Å². The molecule has 2 aliphatic rings. The Morgan fingerprint density at radius 2 is 1.68 bits per heavy atom. The number of hydrogen-bond acceptors (Lipinski definition) is 4. The summed E-state index contributed by atoms with van der Waals surface area (Å²) >= 11 is 12.2. The Morgan fingerprint density at radius 1 is 1.03 bits per heavy atom. The molecule has 8 heteroatoms. The molecule has 0 radical (unpaired) electrons.